The molecule has 1 aromatic carbocycles. The molecule has 19 heavy (non-hydrogen) atoms. The van der Waals surface area contributed by atoms with Crippen LogP contribution in [0.3, 0.4) is 0 Å². The number of nitrogens with zero attached hydrogens (tertiary/aromatic N) is 1. The minimum Gasteiger partial charge on any atom is -0.495 e. The molecular weight excluding hydrogens is 260 g/mol. The summed E-state index contributed by atoms with van der Waals surface area (Å²) in [5.74, 6) is 0.526. The molecule has 5 heteroatoms. The lowest BCUT2D eigenvalue weighted by Gasteiger charge is -2.17. The Morgan fingerprint density at radius 2 is 2.21 bits per heavy atom. The number of amides is 1. The normalized spacial score (nSPS) is 10.2. The first-order valence-corrected chi connectivity index (χ1v) is 6.76. The van der Waals surface area contributed by atoms with Crippen LogP contribution in [0.4, 0.5) is 5.69 Å². The number of carbonyl (C=O) groups is 1. The van der Waals surface area contributed by atoms with Crippen molar-refractivity contribution in [3.05, 3.63) is 46.2 Å². The molecule has 2 N–H and O–H groups in total. The Labute approximate surface area is 116 Å². The van der Waals surface area contributed by atoms with Gasteiger partial charge in [0.15, 0.2) is 0 Å². The fraction of sp³-hybridized carbons (Fsp3) is 0.214. The van der Waals surface area contributed by atoms with Gasteiger partial charge in [-0.25, -0.2) is 0 Å². The summed E-state index contributed by atoms with van der Waals surface area (Å²) >= 11 is 1.62. The molecule has 0 bridgehead atoms. The third-order valence-electron chi connectivity index (χ3n) is 2.82. The Bertz CT molecular complexity index is 567. The molecule has 0 atom stereocenters. The Morgan fingerprint density at radius 3 is 2.79 bits per heavy atom. The Balaban J connectivity index is 2.12. The van der Waals surface area contributed by atoms with Gasteiger partial charge in [0, 0.05) is 19.2 Å². The maximum absolute atomic E-state index is 12.3. The molecule has 0 saturated heterocycles. The second-order valence-corrected chi connectivity index (χ2v) is 5.03. The van der Waals surface area contributed by atoms with Crippen LogP contribution in [0.5, 0.6) is 5.75 Å². The summed E-state index contributed by atoms with van der Waals surface area (Å²) in [6.45, 7) is 0.592. The molecule has 2 aromatic rings. The van der Waals surface area contributed by atoms with Gasteiger partial charge >= 0.3 is 0 Å². The lowest BCUT2D eigenvalue weighted by molar-refractivity contribution is 0.0785. The second kappa shape index (κ2) is 5.75. The standard InChI is InChI=1S/C14H16N2O2S/c1-16(8-10-5-6-19-9-10)14(17)11-3-4-13(18-2)12(15)7-11/h3-7,9H,8,15H2,1-2H3. The quantitative estimate of drug-likeness (QED) is 0.873. The molecule has 100 valence electrons. The molecule has 1 heterocycles. The van der Waals surface area contributed by atoms with Gasteiger partial charge in [-0.2, -0.15) is 11.3 Å². The Hall–Kier alpha value is -2.01. The highest BCUT2D eigenvalue weighted by molar-refractivity contribution is 7.07. The molecule has 1 aromatic heterocycles. The monoisotopic (exact) mass is 276 g/mol. The molecular formula is C14H16N2O2S. The van der Waals surface area contributed by atoms with E-state index in [0.29, 0.717) is 23.5 Å². The SMILES string of the molecule is COc1ccc(C(=O)N(C)Cc2ccsc2)cc1N. The molecule has 0 aliphatic rings. The van der Waals surface area contributed by atoms with E-state index in [4.69, 9.17) is 10.5 Å². The summed E-state index contributed by atoms with van der Waals surface area (Å²) in [6.07, 6.45) is 0. The summed E-state index contributed by atoms with van der Waals surface area (Å²) < 4.78 is 5.08. The van der Waals surface area contributed by atoms with Crippen molar-refractivity contribution in [1.82, 2.24) is 4.90 Å². The third-order valence-corrected chi connectivity index (χ3v) is 3.56. The molecule has 0 aliphatic carbocycles. The molecule has 0 saturated carbocycles. The van der Waals surface area contributed by atoms with Crippen LogP contribution in [0.15, 0.2) is 35.0 Å². The molecule has 1 amide bonds. The minimum absolute atomic E-state index is 0.0550. The van der Waals surface area contributed by atoms with E-state index in [9.17, 15) is 4.79 Å². The zero-order valence-corrected chi connectivity index (χ0v) is 11.7. The largest absolute Gasteiger partial charge is 0.495 e. The number of hydrogen-bond donors (Lipinski definition) is 1. The van der Waals surface area contributed by atoms with Gasteiger partial charge in [0.1, 0.15) is 5.75 Å². The smallest absolute Gasteiger partial charge is 0.253 e. The molecule has 0 fully saturated rings. The number of hydrogen-bond acceptors (Lipinski definition) is 4. The zero-order chi connectivity index (χ0) is 13.8. The van der Waals surface area contributed by atoms with Gasteiger partial charge < -0.3 is 15.4 Å². The van der Waals surface area contributed by atoms with Crippen molar-refractivity contribution in [1.29, 1.82) is 0 Å². The first-order chi connectivity index (χ1) is 9.11. The first-order valence-electron chi connectivity index (χ1n) is 5.82. The summed E-state index contributed by atoms with van der Waals surface area (Å²) in [6, 6.07) is 7.09. The summed E-state index contributed by atoms with van der Waals surface area (Å²) in [5, 5.41) is 4.03. The van der Waals surface area contributed by atoms with Crippen LogP contribution in [0.2, 0.25) is 0 Å². The van der Waals surface area contributed by atoms with Crippen molar-refractivity contribution >= 4 is 22.9 Å². The maximum atomic E-state index is 12.3. The summed E-state index contributed by atoms with van der Waals surface area (Å²) in [5.41, 5.74) is 7.97. The van der Waals surface area contributed by atoms with E-state index in [0.717, 1.165) is 5.56 Å². The highest BCUT2D eigenvalue weighted by Gasteiger charge is 2.13. The van der Waals surface area contributed by atoms with Crippen molar-refractivity contribution in [2.24, 2.45) is 0 Å². The van der Waals surface area contributed by atoms with Gasteiger partial charge in [-0.05, 0) is 40.6 Å². The fourth-order valence-corrected chi connectivity index (χ4v) is 2.48. The zero-order valence-electron chi connectivity index (χ0n) is 10.9. The highest BCUT2D eigenvalue weighted by Crippen LogP contribution is 2.22. The van der Waals surface area contributed by atoms with Crippen LogP contribution in [0.25, 0.3) is 0 Å². The minimum atomic E-state index is -0.0550. The van der Waals surface area contributed by atoms with Gasteiger partial charge in [0.2, 0.25) is 0 Å². The van der Waals surface area contributed by atoms with E-state index < -0.39 is 0 Å². The summed E-state index contributed by atoms with van der Waals surface area (Å²) in [7, 11) is 3.33. The van der Waals surface area contributed by atoms with Crippen LogP contribution in [-0.2, 0) is 6.54 Å². The van der Waals surface area contributed by atoms with Crippen molar-refractivity contribution in [2.45, 2.75) is 6.54 Å². The highest BCUT2D eigenvalue weighted by atomic mass is 32.1. The van der Waals surface area contributed by atoms with Crippen molar-refractivity contribution in [3.8, 4) is 5.75 Å². The van der Waals surface area contributed by atoms with Crippen LogP contribution < -0.4 is 10.5 Å². The number of ether oxygens (including phenoxy) is 1. The predicted molar refractivity (Wildman–Crippen MR) is 77.5 cm³/mol. The van der Waals surface area contributed by atoms with E-state index in [1.165, 1.54) is 0 Å². The molecule has 4 nitrogen and oxygen atoms in total. The molecule has 0 unspecified atom stereocenters. The van der Waals surface area contributed by atoms with E-state index in [1.54, 1.807) is 48.6 Å². The third kappa shape index (κ3) is 3.06. The fourth-order valence-electron chi connectivity index (χ4n) is 1.82. The number of methoxy groups -OCH3 is 1. The number of thiophene rings is 1. The number of nitrogens with two attached hydrogens (primary N) is 1. The van der Waals surface area contributed by atoms with E-state index in [2.05, 4.69) is 0 Å². The number of benzene rings is 1. The van der Waals surface area contributed by atoms with E-state index >= 15 is 0 Å². The topological polar surface area (TPSA) is 55.6 Å². The molecule has 0 radical (unpaired) electrons. The van der Waals surface area contributed by atoms with Crippen LogP contribution >= 0.6 is 11.3 Å². The van der Waals surface area contributed by atoms with Gasteiger partial charge in [-0.3, -0.25) is 4.79 Å². The predicted octanol–water partition coefficient (Wildman–Crippen LogP) is 2.61. The number of rotatable bonds is 4. The Morgan fingerprint density at radius 1 is 1.42 bits per heavy atom. The van der Waals surface area contributed by atoms with Crippen molar-refractivity contribution in [2.75, 3.05) is 19.9 Å². The first kappa shape index (κ1) is 13.4. The van der Waals surface area contributed by atoms with Crippen LogP contribution in [-0.4, -0.2) is 25.0 Å². The van der Waals surface area contributed by atoms with Gasteiger partial charge in [-0.1, -0.05) is 0 Å². The maximum Gasteiger partial charge on any atom is 0.253 e. The Kier molecular flexibility index (Phi) is 4.06. The van der Waals surface area contributed by atoms with Crippen LogP contribution in [0.1, 0.15) is 15.9 Å². The van der Waals surface area contributed by atoms with Crippen LogP contribution in [0, 0.1) is 0 Å². The molecule has 0 spiro atoms. The van der Waals surface area contributed by atoms with Gasteiger partial charge in [0.25, 0.3) is 5.91 Å². The average Bonchev–Trinajstić information content (AvgIpc) is 2.90. The van der Waals surface area contributed by atoms with E-state index in [1.807, 2.05) is 16.8 Å². The average molecular weight is 276 g/mol. The van der Waals surface area contributed by atoms with Gasteiger partial charge in [-0.15, -0.1) is 0 Å². The number of nitrogen functional groups attached to an aromatic ring is 1. The lowest BCUT2D eigenvalue weighted by Crippen LogP contribution is -2.26. The lowest BCUT2D eigenvalue weighted by atomic mass is 10.1. The molecule has 0 aliphatic heterocycles. The number of carbonyl (C=O) groups excluding carboxylic acids is 1. The van der Waals surface area contributed by atoms with Crippen molar-refractivity contribution in [3.63, 3.8) is 0 Å². The van der Waals surface area contributed by atoms with E-state index in [-0.39, 0.29) is 5.91 Å². The summed E-state index contributed by atoms with van der Waals surface area (Å²) in [4.78, 5) is 13.9. The molecule has 2 rings (SSSR count). The number of anilines is 1. The van der Waals surface area contributed by atoms with Crippen molar-refractivity contribution < 1.29 is 9.53 Å². The van der Waals surface area contributed by atoms with Gasteiger partial charge in [0.05, 0.1) is 12.8 Å². The second-order valence-electron chi connectivity index (χ2n) is 4.25.